The maximum atomic E-state index is 12.6. The van der Waals surface area contributed by atoms with Gasteiger partial charge in [-0.2, -0.15) is 4.31 Å². The molecule has 1 amide bonds. The van der Waals surface area contributed by atoms with E-state index in [0.717, 1.165) is 23.4 Å². The van der Waals surface area contributed by atoms with Gasteiger partial charge in [0.2, 0.25) is 15.9 Å². The Morgan fingerprint density at radius 3 is 2.23 bits per heavy atom. The van der Waals surface area contributed by atoms with Gasteiger partial charge < -0.3 is 5.32 Å². The lowest BCUT2D eigenvalue weighted by Crippen LogP contribution is -2.30. The molecule has 6 nitrogen and oxygen atoms in total. The van der Waals surface area contributed by atoms with Crippen LogP contribution in [-0.4, -0.2) is 36.7 Å². The number of thiazole rings is 1. The predicted octanol–water partition coefficient (Wildman–Crippen LogP) is 4.58. The summed E-state index contributed by atoms with van der Waals surface area (Å²) in [6.07, 6.45) is 1.15. The third-order valence-corrected chi connectivity index (χ3v) is 7.92. The Kier molecular flexibility index (Phi) is 7.59. The molecule has 0 bridgehead atoms. The average molecular weight is 458 g/mol. The van der Waals surface area contributed by atoms with E-state index in [2.05, 4.69) is 17.2 Å². The Labute approximate surface area is 188 Å². The van der Waals surface area contributed by atoms with Gasteiger partial charge in [0, 0.05) is 29.7 Å². The zero-order valence-corrected chi connectivity index (χ0v) is 19.6. The zero-order chi connectivity index (χ0) is 22.4. The number of aromatic nitrogens is 1. The number of benzene rings is 2. The molecule has 0 saturated carbocycles. The summed E-state index contributed by atoms with van der Waals surface area (Å²) in [4.78, 5) is 17.2. The topological polar surface area (TPSA) is 79.4 Å². The fourth-order valence-electron chi connectivity index (χ4n) is 3.20. The van der Waals surface area contributed by atoms with Crippen LogP contribution in [-0.2, 0) is 27.7 Å². The van der Waals surface area contributed by atoms with Gasteiger partial charge in [-0.15, -0.1) is 11.3 Å². The Morgan fingerprint density at radius 2 is 1.65 bits per heavy atom. The van der Waals surface area contributed by atoms with Crippen LogP contribution in [0.25, 0.3) is 11.3 Å². The molecule has 0 aliphatic heterocycles. The number of carbonyl (C=O) groups excluding carboxylic acids is 1. The van der Waals surface area contributed by atoms with Gasteiger partial charge in [-0.25, -0.2) is 13.4 Å². The molecule has 1 heterocycles. The number of hydrogen-bond donors (Lipinski definition) is 1. The first-order chi connectivity index (χ1) is 14.9. The Morgan fingerprint density at radius 1 is 1.00 bits per heavy atom. The molecule has 3 aromatic rings. The summed E-state index contributed by atoms with van der Waals surface area (Å²) in [5.41, 5.74) is 3.53. The van der Waals surface area contributed by atoms with Crippen molar-refractivity contribution in [1.29, 1.82) is 0 Å². The summed E-state index contributed by atoms with van der Waals surface area (Å²) >= 11 is 1.41. The standard InChI is InChI=1S/C23H27N3O3S2/c1-4-17-7-11-19(12-8-17)24-22(27)15-23-25-21(16-30-23)18-9-13-20(14-10-18)31(28,29)26(5-2)6-3/h7-14,16H,4-6,15H2,1-3H3,(H,24,27). The number of nitrogens with zero attached hydrogens (tertiary/aromatic N) is 2. The van der Waals surface area contributed by atoms with E-state index in [9.17, 15) is 13.2 Å². The van der Waals surface area contributed by atoms with Crippen LogP contribution in [0.1, 0.15) is 31.3 Å². The van der Waals surface area contributed by atoms with Crippen LogP contribution in [0, 0.1) is 0 Å². The number of sulfonamides is 1. The minimum Gasteiger partial charge on any atom is -0.326 e. The summed E-state index contributed by atoms with van der Waals surface area (Å²) < 4.78 is 26.7. The molecule has 0 saturated heterocycles. The van der Waals surface area contributed by atoms with E-state index in [1.807, 2.05) is 43.5 Å². The Hall–Kier alpha value is -2.55. The van der Waals surface area contributed by atoms with Crippen LogP contribution >= 0.6 is 11.3 Å². The minimum absolute atomic E-state index is 0.120. The second-order valence-corrected chi connectivity index (χ2v) is 9.90. The third-order valence-electron chi connectivity index (χ3n) is 5.00. The van der Waals surface area contributed by atoms with Crippen LogP contribution in [0.15, 0.2) is 58.8 Å². The highest BCUT2D eigenvalue weighted by Gasteiger charge is 2.21. The fourth-order valence-corrected chi connectivity index (χ4v) is 5.46. The van der Waals surface area contributed by atoms with E-state index in [1.54, 1.807) is 24.3 Å². The van der Waals surface area contributed by atoms with E-state index in [4.69, 9.17) is 0 Å². The van der Waals surface area contributed by atoms with Crippen molar-refractivity contribution in [2.75, 3.05) is 18.4 Å². The molecule has 0 fully saturated rings. The van der Waals surface area contributed by atoms with Crippen LogP contribution in [0.3, 0.4) is 0 Å². The van der Waals surface area contributed by atoms with Gasteiger partial charge in [-0.3, -0.25) is 4.79 Å². The molecule has 31 heavy (non-hydrogen) atoms. The summed E-state index contributed by atoms with van der Waals surface area (Å²) in [5, 5.41) is 5.48. The van der Waals surface area contributed by atoms with E-state index < -0.39 is 10.0 Å². The molecule has 0 atom stereocenters. The largest absolute Gasteiger partial charge is 0.326 e. The highest BCUT2D eigenvalue weighted by molar-refractivity contribution is 7.89. The van der Waals surface area contributed by atoms with Gasteiger partial charge in [-0.05, 0) is 36.2 Å². The van der Waals surface area contributed by atoms with Crippen LogP contribution in [0.2, 0.25) is 0 Å². The summed E-state index contributed by atoms with van der Waals surface area (Å²) in [6.45, 7) is 6.60. The first-order valence-electron chi connectivity index (χ1n) is 10.3. The van der Waals surface area contributed by atoms with Gasteiger partial charge in [0.25, 0.3) is 0 Å². The quantitative estimate of drug-likeness (QED) is 0.510. The highest BCUT2D eigenvalue weighted by Crippen LogP contribution is 2.25. The SMILES string of the molecule is CCc1ccc(NC(=O)Cc2nc(-c3ccc(S(=O)(=O)N(CC)CC)cc3)cs2)cc1. The van der Waals surface area contributed by atoms with Crippen molar-refractivity contribution >= 4 is 33.0 Å². The Balaban J connectivity index is 1.66. The molecule has 1 aromatic heterocycles. The van der Waals surface area contributed by atoms with E-state index >= 15 is 0 Å². The number of carbonyl (C=O) groups is 1. The number of aryl methyl sites for hydroxylation is 1. The first-order valence-corrected chi connectivity index (χ1v) is 12.6. The molecule has 0 radical (unpaired) electrons. The van der Waals surface area contributed by atoms with Crippen molar-refractivity contribution in [3.05, 3.63) is 64.5 Å². The van der Waals surface area contributed by atoms with Crippen LogP contribution in [0.5, 0.6) is 0 Å². The molecule has 2 aromatic carbocycles. The summed E-state index contributed by atoms with van der Waals surface area (Å²) in [6, 6.07) is 14.5. The lowest BCUT2D eigenvalue weighted by atomic mass is 10.1. The van der Waals surface area contributed by atoms with Gasteiger partial charge in [-0.1, -0.05) is 45.0 Å². The zero-order valence-electron chi connectivity index (χ0n) is 18.0. The summed E-state index contributed by atoms with van der Waals surface area (Å²) in [7, 11) is -3.48. The van der Waals surface area contributed by atoms with Crippen molar-refractivity contribution in [3.8, 4) is 11.3 Å². The number of hydrogen-bond acceptors (Lipinski definition) is 5. The monoisotopic (exact) mass is 457 g/mol. The molecule has 0 aliphatic rings. The van der Waals surface area contributed by atoms with Gasteiger partial charge >= 0.3 is 0 Å². The second-order valence-electron chi connectivity index (χ2n) is 7.02. The first kappa shape index (κ1) is 23.1. The molecule has 0 aliphatic carbocycles. The van der Waals surface area contributed by atoms with E-state index in [1.165, 1.54) is 21.2 Å². The third kappa shape index (κ3) is 5.58. The molecule has 164 valence electrons. The number of anilines is 1. The minimum atomic E-state index is -3.48. The van der Waals surface area contributed by atoms with Gasteiger partial charge in [0.1, 0.15) is 5.01 Å². The van der Waals surface area contributed by atoms with E-state index in [-0.39, 0.29) is 17.2 Å². The molecule has 8 heteroatoms. The van der Waals surface area contributed by atoms with Crippen molar-refractivity contribution in [2.45, 2.75) is 38.5 Å². The maximum absolute atomic E-state index is 12.6. The maximum Gasteiger partial charge on any atom is 0.243 e. The average Bonchev–Trinajstić information content (AvgIpc) is 3.23. The van der Waals surface area contributed by atoms with Gasteiger partial charge in [0.15, 0.2) is 0 Å². The lowest BCUT2D eigenvalue weighted by molar-refractivity contribution is -0.115. The lowest BCUT2D eigenvalue weighted by Gasteiger charge is -2.18. The van der Waals surface area contributed by atoms with Crippen molar-refractivity contribution in [3.63, 3.8) is 0 Å². The van der Waals surface area contributed by atoms with Crippen LogP contribution < -0.4 is 5.32 Å². The molecule has 0 spiro atoms. The normalized spacial score (nSPS) is 11.6. The molecular formula is C23H27N3O3S2. The summed E-state index contributed by atoms with van der Waals surface area (Å²) in [5.74, 6) is -0.120. The molecule has 1 N–H and O–H groups in total. The molecular weight excluding hydrogens is 430 g/mol. The van der Waals surface area contributed by atoms with Gasteiger partial charge in [0.05, 0.1) is 17.0 Å². The van der Waals surface area contributed by atoms with Crippen molar-refractivity contribution in [1.82, 2.24) is 9.29 Å². The van der Waals surface area contributed by atoms with Crippen LogP contribution in [0.4, 0.5) is 5.69 Å². The van der Waals surface area contributed by atoms with Crippen molar-refractivity contribution < 1.29 is 13.2 Å². The fraction of sp³-hybridized carbons (Fsp3) is 0.304. The highest BCUT2D eigenvalue weighted by atomic mass is 32.2. The van der Waals surface area contributed by atoms with Crippen molar-refractivity contribution in [2.24, 2.45) is 0 Å². The number of rotatable bonds is 9. The number of nitrogens with one attached hydrogen (secondary N) is 1. The molecule has 3 rings (SSSR count). The smallest absolute Gasteiger partial charge is 0.243 e. The Bertz CT molecular complexity index is 1120. The number of amides is 1. The second kappa shape index (κ2) is 10.2. The van der Waals surface area contributed by atoms with E-state index in [0.29, 0.717) is 18.1 Å². The predicted molar refractivity (Wildman–Crippen MR) is 126 cm³/mol. The molecule has 0 unspecified atom stereocenters.